The van der Waals surface area contributed by atoms with E-state index < -0.39 is 24.6 Å². The van der Waals surface area contributed by atoms with Crippen molar-refractivity contribution in [2.75, 3.05) is 13.7 Å². The van der Waals surface area contributed by atoms with Crippen molar-refractivity contribution < 1.29 is 23.1 Å². The molecule has 1 atom stereocenters. The summed E-state index contributed by atoms with van der Waals surface area (Å²) in [6.07, 6.45) is 5.14. The number of amides is 2. The molecule has 1 aliphatic rings. The molecular weight excluding hydrogens is 628 g/mol. The Morgan fingerprint density at radius 2 is 1.87 bits per heavy atom. The van der Waals surface area contributed by atoms with Crippen molar-refractivity contribution in [2.45, 2.75) is 43.1 Å². The van der Waals surface area contributed by atoms with Crippen LogP contribution in [0.4, 0.5) is 13.6 Å². The van der Waals surface area contributed by atoms with E-state index in [0.717, 1.165) is 12.8 Å². The Morgan fingerprint density at radius 3 is 2.45 bits per heavy atom. The SMILES string of the molecule is BC(B)(B)n1cnc(-c2cc([C@@H](COC(=O)NC3(C)CC3)N(C(=N)NC)C(=O)c3ccc(-c4cnn(C(F)F)c4)cc3)ccc2Cl)n1. The number of benzene rings is 2. The predicted molar refractivity (Wildman–Crippen MR) is 181 cm³/mol. The summed E-state index contributed by atoms with van der Waals surface area (Å²) in [5.74, 6) is -0.473. The molecule has 2 heterocycles. The van der Waals surface area contributed by atoms with E-state index in [1.54, 1.807) is 41.3 Å². The number of hydrogen-bond acceptors (Lipinski definition) is 7. The van der Waals surface area contributed by atoms with E-state index >= 15 is 0 Å². The molecule has 1 fully saturated rings. The fraction of sp³-hybridized carbons (Fsp3) is 0.310. The summed E-state index contributed by atoms with van der Waals surface area (Å²) in [4.78, 5) is 32.6. The van der Waals surface area contributed by atoms with Gasteiger partial charge in [0.05, 0.1) is 17.3 Å². The van der Waals surface area contributed by atoms with Crippen molar-refractivity contribution in [3.63, 3.8) is 0 Å². The van der Waals surface area contributed by atoms with E-state index in [-0.39, 0.29) is 28.9 Å². The maximum absolute atomic E-state index is 14.1. The van der Waals surface area contributed by atoms with Gasteiger partial charge in [-0.15, -0.1) is 0 Å². The number of carbonyl (C=O) groups excluding carboxylic acids is 2. The monoisotopic (exact) mass is 661 g/mol. The zero-order valence-corrected chi connectivity index (χ0v) is 27.3. The topological polar surface area (TPSA) is 143 Å². The third-order valence-corrected chi connectivity index (χ3v) is 8.18. The minimum absolute atomic E-state index is 0.203. The molecular formula is C29H33B3ClF2N9O3. The molecule has 3 N–H and O–H groups in total. The predicted octanol–water partition coefficient (Wildman–Crippen LogP) is 1.94. The molecule has 0 bridgehead atoms. The second kappa shape index (κ2) is 13.2. The van der Waals surface area contributed by atoms with Gasteiger partial charge in [-0.05, 0) is 60.4 Å². The molecule has 5 rings (SSSR count). The number of carbonyl (C=O) groups is 2. The minimum atomic E-state index is -2.78. The molecule has 2 amide bonds. The number of halogens is 3. The lowest BCUT2D eigenvalue weighted by Crippen LogP contribution is -2.47. The number of alkyl halides is 2. The fourth-order valence-electron chi connectivity index (χ4n) is 4.76. The van der Waals surface area contributed by atoms with Gasteiger partial charge in [0.1, 0.15) is 36.5 Å². The first kappa shape index (κ1) is 33.7. The minimum Gasteiger partial charge on any atom is -0.447 e. The van der Waals surface area contributed by atoms with Crippen LogP contribution in [-0.4, -0.2) is 90.1 Å². The number of alkyl carbamates (subject to hydrolysis) is 1. The highest BCUT2D eigenvalue weighted by atomic mass is 35.5. The van der Waals surface area contributed by atoms with Crippen LogP contribution in [0.5, 0.6) is 0 Å². The highest BCUT2D eigenvalue weighted by molar-refractivity contribution is 6.56. The molecule has 12 nitrogen and oxygen atoms in total. The Bertz CT molecular complexity index is 1790. The van der Waals surface area contributed by atoms with Gasteiger partial charge in [-0.2, -0.15) is 19.0 Å². The van der Waals surface area contributed by atoms with Gasteiger partial charge in [0.2, 0.25) is 0 Å². The lowest BCUT2D eigenvalue weighted by atomic mass is 9.49. The molecule has 4 aromatic rings. The zero-order valence-electron chi connectivity index (χ0n) is 26.6. The average Bonchev–Trinajstić information content (AvgIpc) is 3.41. The highest BCUT2D eigenvalue weighted by Crippen LogP contribution is 2.35. The third kappa shape index (κ3) is 7.67. The van der Waals surface area contributed by atoms with Crippen molar-refractivity contribution in [3.8, 4) is 22.5 Å². The molecule has 242 valence electrons. The Balaban J connectivity index is 1.51. The number of guanidine groups is 1. The summed E-state index contributed by atoms with van der Waals surface area (Å²) in [6.45, 7) is -1.17. The summed E-state index contributed by atoms with van der Waals surface area (Å²) in [7, 11) is 7.46. The Kier molecular flexibility index (Phi) is 9.48. The largest absolute Gasteiger partial charge is 0.447 e. The Labute approximate surface area is 277 Å². The van der Waals surface area contributed by atoms with E-state index in [2.05, 4.69) is 25.8 Å². The van der Waals surface area contributed by atoms with Gasteiger partial charge in [-0.25, -0.2) is 14.5 Å². The van der Waals surface area contributed by atoms with Gasteiger partial charge < -0.3 is 15.4 Å². The molecule has 18 heteroatoms. The van der Waals surface area contributed by atoms with Crippen LogP contribution < -0.4 is 10.6 Å². The second-order valence-corrected chi connectivity index (χ2v) is 13.0. The maximum Gasteiger partial charge on any atom is 0.407 e. The number of nitrogens with one attached hydrogen (secondary N) is 3. The quantitative estimate of drug-likeness (QED) is 0.134. The molecule has 0 unspecified atom stereocenters. The maximum atomic E-state index is 14.1. The first-order chi connectivity index (χ1) is 22.2. The second-order valence-electron chi connectivity index (χ2n) is 12.6. The average molecular weight is 662 g/mol. The first-order valence-electron chi connectivity index (χ1n) is 14.9. The van der Waals surface area contributed by atoms with Crippen LogP contribution in [0.3, 0.4) is 0 Å². The molecule has 2 aromatic heterocycles. The van der Waals surface area contributed by atoms with Crippen molar-refractivity contribution >= 4 is 53.1 Å². The smallest absolute Gasteiger partial charge is 0.407 e. The van der Waals surface area contributed by atoms with Gasteiger partial charge in [0.15, 0.2) is 11.8 Å². The molecule has 2 aromatic carbocycles. The van der Waals surface area contributed by atoms with Crippen LogP contribution in [0, 0.1) is 5.41 Å². The molecule has 0 radical (unpaired) electrons. The van der Waals surface area contributed by atoms with E-state index in [0.29, 0.717) is 37.8 Å². The van der Waals surface area contributed by atoms with E-state index in [4.69, 9.17) is 21.7 Å². The third-order valence-electron chi connectivity index (χ3n) is 7.85. The molecule has 0 aliphatic heterocycles. The van der Waals surface area contributed by atoms with E-state index in [9.17, 15) is 18.4 Å². The number of hydrogen-bond donors (Lipinski definition) is 3. The van der Waals surface area contributed by atoms with E-state index in [1.807, 2.05) is 30.5 Å². The van der Waals surface area contributed by atoms with Gasteiger partial charge >= 0.3 is 12.6 Å². The van der Waals surface area contributed by atoms with Crippen LogP contribution >= 0.6 is 11.6 Å². The fourth-order valence-corrected chi connectivity index (χ4v) is 4.96. The van der Waals surface area contributed by atoms with Crippen LogP contribution in [-0.2, 0) is 9.97 Å². The lowest BCUT2D eigenvalue weighted by molar-refractivity contribution is 0.0566. The van der Waals surface area contributed by atoms with Crippen molar-refractivity contribution in [3.05, 3.63) is 77.3 Å². The zero-order chi connectivity index (χ0) is 34.1. The highest BCUT2D eigenvalue weighted by Gasteiger charge is 2.40. The first-order valence-corrected chi connectivity index (χ1v) is 15.3. The van der Waals surface area contributed by atoms with Crippen LogP contribution in [0.1, 0.15) is 48.3 Å². The van der Waals surface area contributed by atoms with Crippen molar-refractivity contribution in [1.29, 1.82) is 5.41 Å². The summed E-state index contributed by atoms with van der Waals surface area (Å²) < 4.78 is 34.0. The van der Waals surface area contributed by atoms with Gasteiger partial charge in [-0.3, -0.25) is 19.8 Å². The molecule has 1 aliphatic carbocycles. The normalized spacial score (nSPS) is 14.3. The van der Waals surface area contributed by atoms with Crippen LogP contribution in [0.15, 0.2) is 61.2 Å². The van der Waals surface area contributed by atoms with Crippen LogP contribution in [0.25, 0.3) is 22.5 Å². The molecule has 0 spiro atoms. The Hall–Kier alpha value is -4.66. The summed E-state index contributed by atoms with van der Waals surface area (Å²) in [5.41, 5.74) is 1.88. The number of rotatable bonds is 10. The van der Waals surface area contributed by atoms with Crippen molar-refractivity contribution in [2.24, 2.45) is 0 Å². The van der Waals surface area contributed by atoms with Gasteiger partial charge in [0.25, 0.3) is 5.91 Å². The number of nitrogens with zero attached hydrogens (tertiary/aromatic N) is 6. The summed E-state index contributed by atoms with van der Waals surface area (Å²) in [6, 6.07) is 10.3. The Morgan fingerprint density at radius 1 is 1.17 bits per heavy atom. The van der Waals surface area contributed by atoms with Crippen molar-refractivity contribution in [1.82, 2.24) is 40.1 Å². The summed E-state index contributed by atoms with van der Waals surface area (Å²) in [5, 5.41) is 22.6. The standard InChI is InChI=1S/C29H33B3ClF2N9O3/c1-28(9-10-28)40-27(46)47-14-22(18-7-8-21(33)20(11-18)23-38-15-43(41-23)29(30,31)32)44(26(36)37-2)24(45)17-5-3-16(4-6-17)19-12-39-42(13-19)25(34)35/h3-8,11-13,15,22,25H,9-10,14,30-32H2,1-2H3,(H2,36,37)(H,40,46)/t22-/m1/s1. The molecule has 47 heavy (non-hydrogen) atoms. The molecule has 0 saturated heterocycles. The lowest BCUT2D eigenvalue weighted by Gasteiger charge is -2.32. The van der Waals surface area contributed by atoms with Gasteiger partial charge in [0, 0.05) is 35.5 Å². The summed E-state index contributed by atoms with van der Waals surface area (Å²) >= 11 is 6.61. The number of ether oxygens (including phenoxy) is 1. The number of aromatic nitrogens is 5. The van der Waals surface area contributed by atoms with Crippen LogP contribution in [0.2, 0.25) is 5.02 Å². The van der Waals surface area contributed by atoms with Gasteiger partial charge in [-0.1, -0.05) is 29.8 Å². The molecule has 1 saturated carbocycles. The van der Waals surface area contributed by atoms with E-state index in [1.165, 1.54) is 36.5 Å².